The SMILES string of the molecule is CC1CCCCCC1NC(=O)c1ccc(N)c(Br)c1. The Balaban J connectivity index is 2.05. The molecule has 1 aromatic rings. The van der Waals surface area contributed by atoms with Crippen molar-refractivity contribution in [3.05, 3.63) is 28.2 Å². The summed E-state index contributed by atoms with van der Waals surface area (Å²) in [6, 6.07) is 5.62. The number of hydrogen-bond acceptors (Lipinski definition) is 2. The molecule has 0 saturated heterocycles. The van der Waals surface area contributed by atoms with Gasteiger partial charge in [0.1, 0.15) is 0 Å². The Morgan fingerprint density at radius 1 is 1.32 bits per heavy atom. The second kappa shape index (κ2) is 6.42. The molecule has 0 radical (unpaired) electrons. The van der Waals surface area contributed by atoms with Crippen molar-refractivity contribution in [1.29, 1.82) is 0 Å². The van der Waals surface area contributed by atoms with Gasteiger partial charge >= 0.3 is 0 Å². The number of amides is 1. The van der Waals surface area contributed by atoms with Gasteiger partial charge in [-0.05, 0) is 52.9 Å². The highest BCUT2D eigenvalue weighted by Crippen LogP contribution is 2.24. The molecule has 19 heavy (non-hydrogen) atoms. The lowest BCUT2D eigenvalue weighted by Gasteiger charge is -2.23. The smallest absolute Gasteiger partial charge is 0.251 e. The summed E-state index contributed by atoms with van der Waals surface area (Å²) in [5, 5.41) is 3.17. The van der Waals surface area contributed by atoms with Crippen LogP contribution >= 0.6 is 15.9 Å². The average molecular weight is 325 g/mol. The number of benzene rings is 1. The monoisotopic (exact) mass is 324 g/mol. The van der Waals surface area contributed by atoms with Crippen LogP contribution < -0.4 is 11.1 Å². The van der Waals surface area contributed by atoms with E-state index >= 15 is 0 Å². The molecule has 104 valence electrons. The number of hydrogen-bond donors (Lipinski definition) is 2. The first-order valence-electron chi connectivity index (χ1n) is 6.94. The molecule has 1 aliphatic carbocycles. The highest BCUT2D eigenvalue weighted by molar-refractivity contribution is 9.10. The number of nitrogen functional groups attached to an aromatic ring is 1. The van der Waals surface area contributed by atoms with E-state index in [2.05, 4.69) is 28.2 Å². The van der Waals surface area contributed by atoms with Crippen LogP contribution in [0.2, 0.25) is 0 Å². The van der Waals surface area contributed by atoms with E-state index in [1.54, 1.807) is 18.2 Å². The Hall–Kier alpha value is -1.03. The first-order chi connectivity index (χ1) is 9.08. The number of halogens is 1. The largest absolute Gasteiger partial charge is 0.398 e. The quantitative estimate of drug-likeness (QED) is 0.643. The molecule has 1 saturated carbocycles. The third kappa shape index (κ3) is 3.72. The molecule has 0 aliphatic heterocycles. The van der Waals surface area contributed by atoms with Crippen molar-refractivity contribution >= 4 is 27.5 Å². The molecule has 1 aromatic carbocycles. The van der Waals surface area contributed by atoms with Crippen LogP contribution in [0.4, 0.5) is 5.69 Å². The van der Waals surface area contributed by atoms with E-state index in [0.29, 0.717) is 23.2 Å². The molecule has 0 spiro atoms. The summed E-state index contributed by atoms with van der Waals surface area (Å²) >= 11 is 3.36. The minimum absolute atomic E-state index is 0.000509. The Morgan fingerprint density at radius 2 is 2.05 bits per heavy atom. The third-order valence-electron chi connectivity index (χ3n) is 3.94. The van der Waals surface area contributed by atoms with Crippen molar-refractivity contribution in [3.63, 3.8) is 0 Å². The van der Waals surface area contributed by atoms with Gasteiger partial charge in [0.05, 0.1) is 0 Å². The van der Waals surface area contributed by atoms with Crippen LogP contribution in [0.25, 0.3) is 0 Å². The van der Waals surface area contributed by atoms with Gasteiger partial charge in [-0.15, -0.1) is 0 Å². The van der Waals surface area contributed by atoms with Crippen LogP contribution in [0.5, 0.6) is 0 Å². The highest BCUT2D eigenvalue weighted by Gasteiger charge is 2.22. The molecule has 3 nitrogen and oxygen atoms in total. The van der Waals surface area contributed by atoms with Crippen LogP contribution in [0, 0.1) is 5.92 Å². The lowest BCUT2D eigenvalue weighted by atomic mass is 9.96. The van der Waals surface area contributed by atoms with Gasteiger partial charge in [0, 0.05) is 21.8 Å². The average Bonchev–Trinajstić information content (AvgIpc) is 2.58. The van der Waals surface area contributed by atoms with E-state index in [1.807, 2.05) is 0 Å². The highest BCUT2D eigenvalue weighted by atomic mass is 79.9. The Kier molecular flexibility index (Phi) is 4.86. The van der Waals surface area contributed by atoms with Crippen LogP contribution in [0.1, 0.15) is 49.4 Å². The van der Waals surface area contributed by atoms with E-state index in [1.165, 1.54) is 25.7 Å². The first kappa shape index (κ1) is 14.4. The summed E-state index contributed by atoms with van der Waals surface area (Å²) in [5.41, 5.74) is 7.05. The van der Waals surface area contributed by atoms with Gasteiger partial charge < -0.3 is 11.1 Å². The van der Waals surface area contributed by atoms with Crippen molar-refractivity contribution in [2.75, 3.05) is 5.73 Å². The number of nitrogens with two attached hydrogens (primary N) is 1. The van der Waals surface area contributed by atoms with Gasteiger partial charge in [-0.2, -0.15) is 0 Å². The molecule has 0 aromatic heterocycles. The van der Waals surface area contributed by atoms with Gasteiger partial charge in [0.2, 0.25) is 0 Å². The molecule has 1 amide bonds. The maximum atomic E-state index is 12.3. The lowest BCUT2D eigenvalue weighted by molar-refractivity contribution is 0.0921. The van der Waals surface area contributed by atoms with E-state index in [0.717, 1.165) is 10.9 Å². The molecule has 2 rings (SSSR count). The predicted molar refractivity (Wildman–Crippen MR) is 82.1 cm³/mol. The van der Waals surface area contributed by atoms with Gasteiger partial charge in [-0.25, -0.2) is 0 Å². The second-order valence-corrected chi connectivity index (χ2v) is 6.29. The molecule has 1 fully saturated rings. The third-order valence-corrected chi connectivity index (χ3v) is 4.63. The van der Waals surface area contributed by atoms with E-state index in [9.17, 15) is 4.79 Å². The summed E-state index contributed by atoms with van der Waals surface area (Å²) < 4.78 is 0.772. The maximum Gasteiger partial charge on any atom is 0.251 e. The Labute approximate surface area is 123 Å². The molecule has 1 aliphatic rings. The first-order valence-corrected chi connectivity index (χ1v) is 7.73. The van der Waals surface area contributed by atoms with Gasteiger partial charge in [0.15, 0.2) is 0 Å². The van der Waals surface area contributed by atoms with E-state index < -0.39 is 0 Å². The summed E-state index contributed by atoms with van der Waals surface area (Å²) in [5.74, 6) is 0.558. The minimum atomic E-state index is -0.000509. The second-order valence-electron chi connectivity index (χ2n) is 5.43. The molecular weight excluding hydrogens is 304 g/mol. The number of carbonyl (C=O) groups is 1. The van der Waals surface area contributed by atoms with Crippen molar-refractivity contribution in [2.45, 2.75) is 45.1 Å². The molecule has 2 unspecified atom stereocenters. The van der Waals surface area contributed by atoms with Crippen molar-refractivity contribution in [3.8, 4) is 0 Å². The number of carbonyl (C=O) groups excluding carboxylic acids is 1. The van der Waals surface area contributed by atoms with Crippen molar-refractivity contribution < 1.29 is 4.79 Å². The normalized spacial score (nSPS) is 23.7. The molecule has 0 heterocycles. The summed E-state index contributed by atoms with van der Waals surface area (Å²) in [6.45, 7) is 2.23. The number of rotatable bonds is 2. The Bertz CT molecular complexity index is 461. The minimum Gasteiger partial charge on any atom is -0.398 e. The maximum absolute atomic E-state index is 12.3. The van der Waals surface area contributed by atoms with Crippen molar-refractivity contribution in [1.82, 2.24) is 5.32 Å². The fraction of sp³-hybridized carbons (Fsp3) is 0.533. The van der Waals surface area contributed by atoms with Gasteiger partial charge in [0.25, 0.3) is 5.91 Å². The van der Waals surface area contributed by atoms with Crippen LogP contribution in [-0.2, 0) is 0 Å². The lowest BCUT2D eigenvalue weighted by Crippen LogP contribution is -2.38. The standard InChI is InChI=1S/C15H21BrN2O/c1-10-5-3-2-4-6-14(10)18-15(19)11-7-8-13(17)12(16)9-11/h7-10,14H,2-6,17H2,1H3,(H,18,19). The van der Waals surface area contributed by atoms with E-state index in [-0.39, 0.29) is 5.91 Å². The van der Waals surface area contributed by atoms with Crippen molar-refractivity contribution in [2.24, 2.45) is 5.92 Å². The zero-order valence-corrected chi connectivity index (χ0v) is 12.9. The summed E-state index contributed by atoms with van der Waals surface area (Å²) in [4.78, 5) is 12.3. The van der Waals surface area contributed by atoms with Gasteiger partial charge in [-0.1, -0.05) is 26.2 Å². The topological polar surface area (TPSA) is 55.1 Å². The molecule has 2 atom stereocenters. The molecule has 0 bridgehead atoms. The van der Waals surface area contributed by atoms with Crippen LogP contribution in [0.15, 0.2) is 22.7 Å². The fourth-order valence-electron chi connectivity index (χ4n) is 2.63. The molecule has 3 N–H and O–H groups in total. The molecule has 4 heteroatoms. The number of anilines is 1. The summed E-state index contributed by atoms with van der Waals surface area (Å²) in [6.07, 6.45) is 6.06. The zero-order chi connectivity index (χ0) is 13.8. The molecular formula is C15H21BrN2O. The predicted octanol–water partition coefficient (Wildman–Crippen LogP) is 3.73. The fourth-order valence-corrected chi connectivity index (χ4v) is 3.01. The van der Waals surface area contributed by atoms with Crippen LogP contribution in [-0.4, -0.2) is 11.9 Å². The van der Waals surface area contributed by atoms with E-state index in [4.69, 9.17) is 5.73 Å². The number of nitrogens with one attached hydrogen (secondary N) is 1. The zero-order valence-electron chi connectivity index (χ0n) is 11.3. The summed E-state index contributed by atoms with van der Waals surface area (Å²) in [7, 11) is 0. The Morgan fingerprint density at radius 3 is 2.79 bits per heavy atom. The van der Waals surface area contributed by atoms with Gasteiger partial charge in [-0.3, -0.25) is 4.79 Å². The van der Waals surface area contributed by atoms with Crippen LogP contribution in [0.3, 0.4) is 0 Å².